The summed E-state index contributed by atoms with van der Waals surface area (Å²) in [6.45, 7) is 1.07. The van der Waals surface area contributed by atoms with Crippen molar-refractivity contribution in [3.8, 4) is 17.2 Å². The smallest absolute Gasteiger partial charge is 0.204 e. The van der Waals surface area contributed by atoms with Gasteiger partial charge in [-0.1, -0.05) is 6.08 Å². The fourth-order valence-corrected chi connectivity index (χ4v) is 2.49. The Morgan fingerprint density at radius 1 is 1.11 bits per heavy atom. The molecule has 1 aliphatic heterocycles. The summed E-state index contributed by atoms with van der Waals surface area (Å²) in [6, 6.07) is 3.87. The Hall–Kier alpha value is -1.97. The predicted molar refractivity (Wildman–Crippen MR) is 70.8 cm³/mol. The van der Waals surface area contributed by atoms with E-state index in [1.165, 1.54) is 0 Å². The first-order valence-electron chi connectivity index (χ1n) is 6.47. The molecule has 4 heteroatoms. The van der Waals surface area contributed by atoms with E-state index < -0.39 is 0 Å². The van der Waals surface area contributed by atoms with Gasteiger partial charge in [-0.3, -0.25) is 4.79 Å². The number of carbonyl (C=O) groups excluding carboxylic acids is 1. The molecule has 0 saturated carbocycles. The SMILES string of the molecule is COc1ccc(C2=CCC(=O)CC2)c2c1OCCO2. The second-order valence-corrected chi connectivity index (χ2v) is 4.64. The maximum Gasteiger partial charge on any atom is 0.204 e. The fraction of sp³-hybridized carbons (Fsp3) is 0.400. The predicted octanol–water partition coefficient (Wildman–Crippen LogP) is 2.60. The van der Waals surface area contributed by atoms with Crippen LogP contribution in [0.2, 0.25) is 0 Å². The molecule has 0 amide bonds. The Labute approximate surface area is 112 Å². The van der Waals surface area contributed by atoms with Crippen LogP contribution in [0.4, 0.5) is 0 Å². The normalized spacial score (nSPS) is 17.9. The van der Waals surface area contributed by atoms with Crippen LogP contribution in [0.3, 0.4) is 0 Å². The van der Waals surface area contributed by atoms with E-state index in [4.69, 9.17) is 14.2 Å². The summed E-state index contributed by atoms with van der Waals surface area (Å²) in [6.07, 6.45) is 3.87. The molecule has 1 aromatic rings. The number of Topliss-reactive ketones (excluding diaryl/α,β-unsaturated/α-hetero) is 1. The number of carbonyl (C=O) groups is 1. The first-order valence-corrected chi connectivity index (χ1v) is 6.47. The van der Waals surface area contributed by atoms with Gasteiger partial charge in [-0.25, -0.2) is 0 Å². The Bertz CT molecular complexity index is 545. The highest BCUT2D eigenvalue weighted by atomic mass is 16.6. The van der Waals surface area contributed by atoms with Gasteiger partial charge in [0.15, 0.2) is 11.5 Å². The molecular weight excluding hydrogens is 244 g/mol. The van der Waals surface area contributed by atoms with Crippen LogP contribution in [-0.4, -0.2) is 26.1 Å². The van der Waals surface area contributed by atoms with Crippen LogP contribution in [0, 0.1) is 0 Å². The lowest BCUT2D eigenvalue weighted by Gasteiger charge is -2.24. The Kier molecular flexibility index (Phi) is 3.15. The van der Waals surface area contributed by atoms with Crippen LogP contribution in [0.1, 0.15) is 24.8 Å². The number of ether oxygens (including phenoxy) is 3. The second-order valence-electron chi connectivity index (χ2n) is 4.64. The van der Waals surface area contributed by atoms with Crippen molar-refractivity contribution in [3.63, 3.8) is 0 Å². The van der Waals surface area contributed by atoms with Gasteiger partial charge in [-0.2, -0.15) is 0 Å². The lowest BCUT2D eigenvalue weighted by atomic mass is 9.92. The number of rotatable bonds is 2. The van der Waals surface area contributed by atoms with Crippen molar-refractivity contribution >= 4 is 11.4 Å². The van der Waals surface area contributed by atoms with Gasteiger partial charge in [0, 0.05) is 18.4 Å². The van der Waals surface area contributed by atoms with Crippen LogP contribution >= 0.6 is 0 Å². The van der Waals surface area contributed by atoms with Gasteiger partial charge in [0.05, 0.1) is 7.11 Å². The number of allylic oxidation sites excluding steroid dienone is 2. The zero-order valence-electron chi connectivity index (χ0n) is 10.9. The minimum atomic E-state index is 0.295. The van der Waals surface area contributed by atoms with Crippen molar-refractivity contribution in [2.75, 3.05) is 20.3 Å². The highest BCUT2D eigenvalue weighted by Gasteiger charge is 2.23. The summed E-state index contributed by atoms with van der Waals surface area (Å²) in [5, 5.41) is 0. The summed E-state index contributed by atoms with van der Waals surface area (Å²) in [4.78, 5) is 11.3. The highest BCUT2D eigenvalue weighted by Crippen LogP contribution is 2.45. The molecule has 0 saturated heterocycles. The van der Waals surface area contributed by atoms with Gasteiger partial charge in [0.2, 0.25) is 5.75 Å². The summed E-state index contributed by atoms with van der Waals surface area (Å²) in [5.41, 5.74) is 2.17. The van der Waals surface area contributed by atoms with E-state index >= 15 is 0 Å². The van der Waals surface area contributed by atoms with Gasteiger partial charge in [-0.15, -0.1) is 0 Å². The number of ketones is 1. The van der Waals surface area contributed by atoms with Crippen LogP contribution in [0.25, 0.3) is 5.57 Å². The van der Waals surface area contributed by atoms with Crippen LogP contribution in [0.5, 0.6) is 17.2 Å². The van der Waals surface area contributed by atoms with E-state index in [1.54, 1.807) is 7.11 Å². The third-order valence-corrected chi connectivity index (χ3v) is 3.47. The molecule has 0 unspecified atom stereocenters. The number of methoxy groups -OCH3 is 1. The van der Waals surface area contributed by atoms with Gasteiger partial charge in [-0.05, 0) is 24.1 Å². The molecule has 0 atom stereocenters. The van der Waals surface area contributed by atoms with Gasteiger partial charge >= 0.3 is 0 Å². The summed E-state index contributed by atoms with van der Waals surface area (Å²) in [7, 11) is 1.62. The Balaban J connectivity index is 2.05. The molecule has 19 heavy (non-hydrogen) atoms. The second kappa shape index (κ2) is 4.96. The van der Waals surface area contributed by atoms with E-state index in [1.807, 2.05) is 18.2 Å². The van der Waals surface area contributed by atoms with E-state index in [-0.39, 0.29) is 0 Å². The van der Waals surface area contributed by atoms with E-state index in [9.17, 15) is 4.79 Å². The van der Waals surface area contributed by atoms with Crippen LogP contribution < -0.4 is 14.2 Å². The third-order valence-electron chi connectivity index (χ3n) is 3.47. The zero-order valence-corrected chi connectivity index (χ0v) is 10.9. The minimum absolute atomic E-state index is 0.295. The maximum absolute atomic E-state index is 11.3. The van der Waals surface area contributed by atoms with Gasteiger partial charge in [0.25, 0.3) is 0 Å². The van der Waals surface area contributed by atoms with E-state index in [0.29, 0.717) is 43.3 Å². The van der Waals surface area contributed by atoms with Crippen molar-refractivity contribution in [2.24, 2.45) is 0 Å². The van der Waals surface area contributed by atoms with Gasteiger partial charge in [0.1, 0.15) is 19.0 Å². The molecule has 1 aliphatic carbocycles. The lowest BCUT2D eigenvalue weighted by Crippen LogP contribution is -2.17. The Morgan fingerprint density at radius 2 is 1.89 bits per heavy atom. The average Bonchev–Trinajstić information content (AvgIpc) is 2.47. The van der Waals surface area contributed by atoms with Crippen molar-refractivity contribution in [1.82, 2.24) is 0 Å². The monoisotopic (exact) mass is 260 g/mol. The van der Waals surface area contributed by atoms with E-state index in [2.05, 4.69) is 0 Å². The first kappa shape index (κ1) is 12.1. The molecule has 2 aliphatic rings. The Morgan fingerprint density at radius 3 is 2.58 bits per heavy atom. The molecule has 0 N–H and O–H groups in total. The standard InChI is InChI=1S/C15H16O4/c1-17-13-7-6-12(10-2-4-11(16)5-3-10)14-15(13)19-9-8-18-14/h2,6-7H,3-5,8-9H2,1H3. The quantitative estimate of drug-likeness (QED) is 0.820. The van der Waals surface area contributed by atoms with Crippen molar-refractivity contribution in [3.05, 3.63) is 23.8 Å². The largest absolute Gasteiger partial charge is 0.493 e. The molecule has 4 nitrogen and oxygen atoms in total. The summed E-state index contributed by atoms with van der Waals surface area (Å²) in [5.74, 6) is 2.39. The third kappa shape index (κ3) is 2.18. The first-order chi connectivity index (χ1) is 9.29. The van der Waals surface area contributed by atoms with Crippen molar-refractivity contribution < 1.29 is 19.0 Å². The molecule has 0 bridgehead atoms. The average molecular weight is 260 g/mol. The van der Waals surface area contributed by atoms with Crippen molar-refractivity contribution in [2.45, 2.75) is 19.3 Å². The molecule has 1 heterocycles. The number of benzene rings is 1. The number of fused-ring (bicyclic) bond motifs is 1. The van der Waals surface area contributed by atoms with Crippen LogP contribution in [0.15, 0.2) is 18.2 Å². The van der Waals surface area contributed by atoms with Crippen LogP contribution in [-0.2, 0) is 4.79 Å². The molecule has 1 aromatic carbocycles. The number of hydrogen-bond acceptors (Lipinski definition) is 4. The molecular formula is C15H16O4. The summed E-state index contributed by atoms with van der Waals surface area (Å²) >= 11 is 0. The fourth-order valence-electron chi connectivity index (χ4n) is 2.49. The molecule has 0 radical (unpaired) electrons. The topological polar surface area (TPSA) is 44.8 Å². The summed E-state index contributed by atoms with van der Waals surface area (Å²) < 4.78 is 16.7. The molecule has 3 rings (SSSR count). The zero-order chi connectivity index (χ0) is 13.2. The number of hydrogen-bond donors (Lipinski definition) is 0. The van der Waals surface area contributed by atoms with E-state index in [0.717, 1.165) is 23.3 Å². The lowest BCUT2D eigenvalue weighted by molar-refractivity contribution is -0.118. The maximum atomic E-state index is 11.3. The molecule has 0 aromatic heterocycles. The highest BCUT2D eigenvalue weighted by molar-refractivity contribution is 5.88. The van der Waals surface area contributed by atoms with Gasteiger partial charge < -0.3 is 14.2 Å². The molecule has 100 valence electrons. The molecule has 0 fully saturated rings. The molecule has 0 spiro atoms. The van der Waals surface area contributed by atoms with Crippen molar-refractivity contribution in [1.29, 1.82) is 0 Å². The minimum Gasteiger partial charge on any atom is -0.493 e.